The van der Waals surface area contributed by atoms with E-state index in [9.17, 15) is 0 Å². The van der Waals surface area contributed by atoms with Gasteiger partial charge in [-0.25, -0.2) is 20.4 Å². The first kappa shape index (κ1) is 22.4. The molecule has 7 heteroatoms. The lowest BCUT2D eigenvalue weighted by Gasteiger charge is -1.69. The van der Waals surface area contributed by atoms with E-state index >= 15 is 0 Å². The van der Waals surface area contributed by atoms with Crippen LogP contribution in [-0.4, -0.2) is 23.9 Å². The number of carbonyl (C=O) groups excluding carboxylic acids is 2. The van der Waals surface area contributed by atoms with E-state index < -0.39 is 0 Å². The van der Waals surface area contributed by atoms with Crippen molar-refractivity contribution in [2.24, 2.45) is 0 Å². The van der Waals surface area contributed by atoms with E-state index in [-0.39, 0.29) is 0 Å². The van der Waals surface area contributed by atoms with Crippen molar-refractivity contribution in [3.8, 4) is 0 Å². The molecule has 0 bridgehead atoms. The quantitative estimate of drug-likeness (QED) is 0.318. The predicted octanol–water partition coefficient (Wildman–Crippen LogP) is 0.398. The molecule has 0 saturated carbocycles. The fourth-order valence-electron chi connectivity index (χ4n) is 0. The highest BCUT2D eigenvalue weighted by molar-refractivity contribution is 7.00. The summed E-state index contributed by atoms with van der Waals surface area (Å²) in [6.07, 6.45) is 2.38. The highest BCUT2D eigenvalue weighted by Gasteiger charge is 1.57. The van der Waals surface area contributed by atoms with Crippen molar-refractivity contribution < 1.29 is 19.3 Å². The molecule has 6 nitrogen and oxygen atoms in total. The molecule has 3 N–H and O–H groups in total. The van der Waals surface area contributed by atoms with Crippen molar-refractivity contribution in [3.05, 3.63) is 0 Å². The van der Waals surface area contributed by atoms with Crippen molar-refractivity contribution in [3.63, 3.8) is 0 Å². The van der Waals surface area contributed by atoms with Gasteiger partial charge in [-0.3, -0.25) is 0 Å². The highest BCUT2D eigenvalue weighted by atomic mass is 31.0. The SMILES string of the molecule is CCCO.N=C=O.N=C=O.O=[PH2+]. The van der Waals surface area contributed by atoms with Crippen molar-refractivity contribution in [1.29, 1.82) is 10.8 Å². The van der Waals surface area contributed by atoms with Crippen LogP contribution in [0, 0.1) is 10.8 Å². The van der Waals surface area contributed by atoms with Crippen LogP contribution in [0.1, 0.15) is 13.3 Å². The average Bonchev–Trinajstić information content (AvgIpc) is 2.10. The molecule has 0 fully saturated rings. The molecule has 0 radical (unpaired) electrons. The Balaban J connectivity index is -0.0000000368. The number of rotatable bonds is 1. The summed E-state index contributed by atoms with van der Waals surface area (Å²) < 4.78 is 8.17. The van der Waals surface area contributed by atoms with Gasteiger partial charge >= 0.3 is 9.12 Å². The van der Waals surface area contributed by atoms with Crippen LogP contribution in [0.5, 0.6) is 0 Å². The second-order valence-corrected chi connectivity index (χ2v) is 0.928. The molecular formula is C5H12N2O4P+. The monoisotopic (exact) mass is 195 g/mol. The Kier molecular flexibility index (Phi) is 180. The maximum Gasteiger partial charge on any atom is 0.310 e. The summed E-state index contributed by atoms with van der Waals surface area (Å²) in [5.74, 6) is 0. The Morgan fingerprint density at radius 3 is 1.33 bits per heavy atom. The molecule has 0 aliphatic carbocycles. The molecule has 0 saturated heterocycles. The lowest BCUT2D eigenvalue weighted by molar-refractivity contribution is 0.295. The maximum atomic E-state index is 8.35. The van der Waals surface area contributed by atoms with Crippen LogP contribution in [0.3, 0.4) is 0 Å². The molecule has 70 valence electrons. The van der Waals surface area contributed by atoms with Crippen LogP contribution in [0.15, 0.2) is 0 Å². The first-order valence-electron chi connectivity index (χ1n) is 2.67. The molecule has 0 aromatic heterocycles. The highest BCUT2D eigenvalue weighted by Crippen LogP contribution is 1.61. The number of aliphatic hydroxyl groups excluding tert-OH is 1. The van der Waals surface area contributed by atoms with Crippen molar-refractivity contribution in [2.45, 2.75) is 13.3 Å². The molecular weight excluding hydrogens is 183 g/mol. The summed E-state index contributed by atoms with van der Waals surface area (Å²) >= 11 is 0. The summed E-state index contributed by atoms with van der Waals surface area (Å²) in [5.41, 5.74) is 0. The van der Waals surface area contributed by atoms with Gasteiger partial charge in [0.2, 0.25) is 12.2 Å². The van der Waals surface area contributed by atoms with Crippen LogP contribution >= 0.6 is 9.12 Å². The van der Waals surface area contributed by atoms with Crippen LogP contribution in [0.4, 0.5) is 0 Å². The third kappa shape index (κ3) is 16600. The summed E-state index contributed by atoms with van der Waals surface area (Å²) in [6.45, 7) is 2.25. The zero-order valence-corrected chi connectivity index (χ0v) is 7.82. The molecule has 12 heavy (non-hydrogen) atoms. The van der Waals surface area contributed by atoms with E-state index in [1.807, 2.05) is 6.92 Å². The molecule has 0 amide bonds. The molecule has 0 aromatic carbocycles. The first-order chi connectivity index (χ1) is 5.74. The minimum absolute atomic E-state index is 0.319. The zero-order valence-electron chi connectivity index (χ0n) is 6.66. The number of hydrogen-bond acceptors (Lipinski definition) is 6. The van der Waals surface area contributed by atoms with E-state index in [1.54, 1.807) is 0 Å². The number of hydrogen-bond donors (Lipinski definition) is 3. The molecule has 0 aliphatic rings. The topological polar surface area (TPSA) is 119 Å². The largest absolute Gasteiger partial charge is 0.396 e. The summed E-state index contributed by atoms with van der Waals surface area (Å²) in [7, 11) is 1.17. The molecule has 0 heterocycles. The normalized spacial score (nSPS) is 4.17. The lowest BCUT2D eigenvalue weighted by Crippen LogP contribution is -1.69. The second kappa shape index (κ2) is 96.1. The Morgan fingerprint density at radius 1 is 1.25 bits per heavy atom. The minimum atomic E-state index is 0.319. The minimum Gasteiger partial charge on any atom is -0.396 e. The molecule has 1 atom stereocenters. The van der Waals surface area contributed by atoms with E-state index in [0.29, 0.717) is 6.61 Å². The molecule has 0 aromatic rings. The summed E-state index contributed by atoms with van der Waals surface area (Å²) in [5, 5.41) is 18.7. The molecule has 0 rings (SSSR count). The van der Waals surface area contributed by atoms with Crippen molar-refractivity contribution in [1.82, 2.24) is 0 Å². The molecule has 0 spiro atoms. The zero-order chi connectivity index (χ0) is 10.8. The van der Waals surface area contributed by atoms with Crippen LogP contribution < -0.4 is 0 Å². The molecule has 1 unspecified atom stereocenters. The fourth-order valence-corrected chi connectivity index (χ4v) is 0. The van der Waals surface area contributed by atoms with E-state index in [2.05, 4.69) is 0 Å². The van der Waals surface area contributed by atoms with Gasteiger partial charge in [0.05, 0.1) is 0 Å². The van der Waals surface area contributed by atoms with Crippen molar-refractivity contribution >= 4 is 21.3 Å². The summed E-state index contributed by atoms with van der Waals surface area (Å²) in [4.78, 5) is 16.7. The lowest BCUT2D eigenvalue weighted by atomic mass is 10.5. The summed E-state index contributed by atoms with van der Waals surface area (Å²) in [6, 6.07) is 0. The Labute approximate surface area is 72.2 Å². The Hall–Kier alpha value is -1.18. The van der Waals surface area contributed by atoms with Gasteiger partial charge in [-0.05, 0) is 6.42 Å². The number of isocyanates is 2. The standard InChI is InChI=1S/C3H8O.2CHNO.H2OP/c1-2-3-4;2*2-1-3;1-2/h4H,2-3H2,1H3;2*2H;2H2/q;;;+1. The predicted molar refractivity (Wildman–Crippen MR) is 44.6 cm³/mol. The fraction of sp³-hybridized carbons (Fsp3) is 0.600. The van der Waals surface area contributed by atoms with E-state index in [0.717, 1.165) is 18.6 Å². The van der Waals surface area contributed by atoms with Gasteiger partial charge < -0.3 is 5.11 Å². The van der Waals surface area contributed by atoms with Crippen molar-refractivity contribution in [2.75, 3.05) is 6.61 Å². The van der Waals surface area contributed by atoms with Crippen LogP contribution in [0.25, 0.3) is 0 Å². The smallest absolute Gasteiger partial charge is 0.310 e. The Morgan fingerprint density at radius 2 is 1.33 bits per heavy atom. The van der Waals surface area contributed by atoms with Gasteiger partial charge in [-0.1, -0.05) is 11.5 Å². The third-order valence-corrected chi connectivity index (χ3v) is 0.224. The average molecular weight is 195 g/mol. The maximum absolute atomic E-state index is 8.35. The van der Waals surface area contributed by atoms with Gasteiger partial charge in [-0.2, -0.15) is 0 Å². The van der Waals surface area contributed by atoms with Gasteiger partial charge in [0.25, 0.3) is 0 Å². The van der Waals surface area contributed by atoms with Gasteiger partial charge in [0, 0.05) is 6.61 Å². The molecule has 0 aliphatic heterocycles. The van der Waals surface area contributed by atoms with E-state index in [1.165, 1.54) is 9.12 Å². The van der Waals surface area contributed by atoms with Crippen LogP contribution in [-0.2, 0) is 14.2 Å². The van der Waals surface area contributed by atoms with E-state index in [4.69, 9.17) is 30.1 Å². The third-order valence-electron chi connectivity index (χ3n) is 0.224. The number of aliphatic hydroxyl groups is 1. The van der Waals surface area contributed by atoms with Gasteiger partial charge in [-0.15, -0.1) is 0 Å². The first-order valence-corrected chi connectivity index (χ1v) is 3.14. The van der Waals surface area contributed by atoms with Gasteiger partial charge in [0.1, 0.15) is 0 Å². The second-order valence-electron chi connectivity index (χ2n) is 0.928. The Bertz CT molecular complexity index is 105. The van der Waals surface area contributed by atoms with Crippen LogP contribution in [0.2, 0.25) is 0 Å². The van der Waals surface area contributed by atoms with Gasteiger partial charge in [0.15, 0.2) is 0 Å². The number of nitrogens with one attached hydrogen (secondary N) is 2.